The fourth-order valence-electron chi connectivity index (χ4n) is 3.74. The van der Waals surface area contributed by atoms with Crippen LogP contribution in [0.2, 0.25) is 0 Å². The highest BCUT2D eigenvalue weighted by atomic mass is 32.2. The number of ether oxygens (including phenoxy) is 1. The van der Waals surface area contributed by atoms with Gasteiger partial charge in [0.15, 0.2) is 5.16 Å². The third-order valence-electron chi connectivity index (χ3n) is 5.45. The molecule has 1 heterocycles. The quantitative estimate of drug-likeness (QED) is 0.366. The Kier molecular flexibility index (Phi) is 8.51. The molecule has 0 atom stereocenters. The largest absolute Gasteiger partial charge is 0.383 e. The zero-order valence-electron chi connectivity index (χ0n) is 18.2. The monoisotopic (exact) mass is 428 g/mol. The average molecular weight is 429 g/mol. The molecule has 7 heteroatoms. The van der Waals surface area contributed by atoms with E-state index in [1.54, 1.807) is 18.9 Å². The van der Waals surface area contributed by atoms with Crippen molar-refractivity contribution in [2.45, 2.75) is 56.0 Å². The highest BCUT2D eigenvalue weighted by Gasteiger charge is 2.20. The first-order valence-electron chi connectivity index (χ1n) is 10.6. The third kappa shape index (κ3) is 6.44. The van der Waals surface area contributed by atoms with Crippen LogP contribution in [-0.2, 0) is 10.5 Å². The first-order valence-corrected chi connectivity index (χ1v) is 11.6. The van der Waals surface area contributed by atoms with Crippen LogP contribution in [0.5, 0.6) is 0 Å². The molecule has 1 saturated carbocycles. The van der Waals surface area contributed by atoms with Crippen molar-refractivity contribution in [3.05, 3.63) is 47.2 Å². The van der Waals surface area contributed by atoms with Gasteiger partial charge in [-0.2, -0.15) is 0 Å². The molecule has 0 aliphatic heterocycles. The summed E-state index contributed by atoms with van der Waals surface area (Å²) in [6, 6.07) is 10.4. The maximum atomic E-state index is 12.3. The van der Waals surface area contributed by atoms with Gasteiger partial charge in [-0.1, -0.05) is 43.2 Å². The zero-order chi connectivity index (χ0) is 21.3. The summed E-state index contributed by atoms with van der Waals surface area (Å²) in [5, 5.41) is 3.64. The van der Waals surface area contributed by atoms with E-state index in [0.29, 0.717) is 24.8 Å². The van der Waals surface area contributed by atoms with Gasteiger partial charge in [-0.3, -0.25) is 4.79 Å². The number of hydrogen-bond donors (Lipinski definition) is 1. The number of methoxy groups -OCH3 is 1. The lowest BCUT2D eigenvalue weighted by Crippen LogP contribution is -2.34. The molecule has 3 rings (SSSR count). The number of aromatic nitrogens is 2. The summed E-state index contributed by atoms with van der Waals surface area (Å²) < 4.78 is 4.98. The number of rotatable bonds is 9. The number of aryl methyl sites for hydroxylation is 1. The van der Waals surface area contributed by atoms with E-state index in [-0.39, 0.29) is 5.91 Å². The molecule has 0 bridgehead atoms. The van der Waals surface area contributed by atoms with E-state index in [0.717, 1.165) is 28.0 Å². The average Bonchev–Trinajstić information content (AvgIpc) is 2.77. The maximum absolute atomic E-state index is 12.3. The van der Waals surface area contributed by atoms with Crippen molar-refractivity contribution in [3.63, 3.8) is 0 Å². The van der Waals surface area contributed by atoms with Crippen LogP contribution in [-0.4, -0.2) is 49.2 Å². The lowest BCUT2D eigenvalue weighted by Gasteiger charge is -2.32. The van der Waals surface area contributed by atoms with E-state index < -0.39 is 0 Å². The lowest BCUT2D eigenvalue weighted by atomic mass is 9.94. The van der Waals surface area contributed by atoms with Crippen LogP contribution in [0.1, 0.15) is 53.7 Å². The van der Waals surface area contributed by atoms with Gasteiger partial charge in [0, 0.05) is 49.8 Å². The van der Waals surface area contributed by atoms with Gasteiger partial charge in [0.05, 0.1) is 6.61 Å². The van der Waals surface area contributed by atoms with Gasteiger partial charge in [-0.15, -0.1) is 0 Å². The summed E-state index contributed by atoms with van der Waals surface area (Å²) in [4.78, 5) is 24.0. The zero-order valence-corrected chi connectivity index (χ0v) is 19.0. The number of hydrogen-bond acceptors (Lipinski definition) is 6. The number of nitrogens with one attached hydrogen (secondary N) is 1. The van der Waals surface area contributed by atoms with Gasteiger partial charge in [0.25, 0.3) is 5.91 Å². The molecule has 1 aromatic carbocycles. The Hall–Kier alpha value is -2.12. The SMILES string of the molecule is COCCNC(=O)c1cccc(CSc2nc(C)cc(N(C)C3CCCCC3)n2)c1. The van der Waals surface area contributed by atoms with Gasteiger partial charge >= 0.3 is 0 Å². The Balaban J connectivity index is 1.63. The van der Waals surface area contributed by atoms with Gasteiger partial charge < -0.3 is 15.0 Å². The number of amides is 1. The molecule has 0 unspecified atom stereocenters. The summed E-state index contributed by atoms with van der Waals surface area (Å²) in [6.07, 6.45) is 6.42. The Morgan fingerprint density at radius 2 is 2.03 bits per heavy atom. The van der Waals surface area contributed by atoms with Crippen LogP contribution in [0.3, 0.4) is 0 Å². The van der Waals surface area contributed by atoms with E-state index in [2.05, 4.69) is 28.3 Å². The lowest BCUT2D eigenvalue weighted by molar-refractivity contribution is 0.0937. The number of benzene rings is 1. The smallest absolute Gasteiger partial charge is 0.251 e. The Morgan fingerprint density at radius 1 is 1.23 bits per heavy atom. The van der Waals surface area contributed by atoms with Crippen LogP contribution < -0.4 is 10.2 Å². The van der Waals surface area contributed by atoms with E-state index in [9.17, 15) is 4.79 Å². The third-order valence-corrected chi connectivity index (χ3v) is 6.37. The minimum absolute atomic E-state index is 0.0814. The minimum Gasteiger partial charge on any atom is -0.383 e. The minimum atomic E-state index is -0.0814. The number of anilines is 1. The van der Waals surface area contributed by atoms with Crippen molar-refractivity contribution in [1.82, 2.24) is 15.3 Å². The summed E-state index contributed by atoms with van der Waals surface area (Å²) >= 11 is 1.61. The highest BCUT2D eigenvalue weighted by Crippen LogP contribution is 2.27. The fraction of sp³-hybridized carbons (Fsp3) is 0.522. The van der Waals surface area contributed by atoms with Crippen molar-refractivity contribution in [2.75, 3.05) is 32.2 Å². The van der Waals surface area contributed by atoms with Crippen LogP contribution in [0.25, 0.3) is 0 Å². The molecule has 0 spiro atoms. The summed E-state index contributed by atoms with van der Waals surface area (Å²) in [5.74, 6) is 1.64. The molecule has 1 amide bonds. The summed E-state index contributed by atoms with van der Waals surface area (Å²) in [6.45, 7) is 3.03. The standard InChI is InChI=1S/C23H32N4O2S/c1-17-14-21(27(2)20-10-5-4-6-11-20)26-23(25-17)30-16-18-8-7-9-19(15-18)22(28)24-12-13-29-3/h7-9,14-15,20H,4-6,10-13,16H2,1-3H3,(H,24,28). The number of thioether (sulfide) groups is 1. The predicted molar refractivity (Wildman–Crippen MR) is 122 cm³/mol. The van der Waals surface area contributed by atoms with Crippen molar-refractivity contribution in [2.24, 2.45) is 0 Å². The molecule has 1 aromatic heterocycles. The molecule has 0 saturated heterocycles. The predicted octanol–water partition coefficient (Wildman–Crippen LogP) is 4.22. The highest BCUT2D eigenvalue weighted by molar-refractivity contribution is 7.98. The number of carbonyl (C=O) groups excluding carboxylic acids is 1. The molecule has 1 fully saturated rings. The van der Waals surface area contributed by atoms with Crippen molar-refractivity contribution < 1.29 is 9.53 Å². The van der Waals surface area contributed by atoms with Crippen molar-refractivity contribution in [3.8, 4) is 0 Å². The molecule has 6 nitrogen and oxygen atoms in total. The summed E-state index contributed by atoms with van der Waals surface area (Å²) in [5.41, 5.74) is 2.72. The van der Waals surface area contributed by atoms with Crippen LogP contribution >= 0.6 is 11.8 Å². The molecular formula is C23H32N4O2S. The van der Waals surface area contributed by atoms with Gasteiger partial charge in [0.1, 0.15) is 5.82 Å². The van der Waals surface area contributed by atoms with E-state index >= 15 is 0 Å². The maximum Gasteiger partial charge on any atom is 0.251 e. The van der Waals surface area contributed by atoms with Gasteiger partial charge in [0.2, 0.25) is 0 Å². The second kappa shape index (κ2) is 11.3. The first-order chi connectivity index (χ1) is 14.6. The number of carbonyl (C=O) groups is 1. The second-order valence-electron chi connectivity index (χ2n) is 7.79. The molecule has 30 heavy (non-hydrogen) atoms. The van der Waals surface area contributed by atoms with E-state index in [1.165, 1.54) is 32.1 Å². The van der Waals surface area contributed by atoms with Crippen molar-refractivity contribution in [1.29, 1.82) is 0 Å². The van der Waals surface area contributed by atoms with Gasteiger partial charge in [-0.25, -0.2) is 9.97 Å². The van der Waals surface area contributed by atoms with Crippen molar-refractivity contribution >= 4 is 23.5 Å². The fourth-order valence-corrected chi connectivity index (χ4v) is 4.59. The van der Waals surface area contributed by atoms with Crippen LogP contribution in [0.4, 0.5) is 5.82 Å². The van der Waals surface area contributed by atoms with Gasteiger partial charge in [-0.05, 0) is 37.5 Å². The number of nitrogens with zero attached hydrogens (tertiary/aromatic N) is 3. The Labute approximate surface area is 183 Å². The molecular weight excluding hydrogens is 396 g/mol. The molecule has 1 aliphatic rings. The van der Waals surface area contributed by atoms with Crippen LogP contribution in [0, 0.1) is 6.92 Å². The second-order valence-corrected chi connectivity index (χ2v) is 8.73. The normalized spacial score (nSPS) is 14.5. The molecule has 162 valence electrons. The molecule has 1 N–H and O–H groups in total. The molecule has 0 radical (unpaired) electrons. The molecule has 1 aliphatic carbocycles. The molecule has 2 aromatic rings. The summed E-state index contributed by atoms with van der Waals surface area (Å²) in [7, 11) is 3.77. The Bertz CT molecular complexity index is 840. The van der Waals surface area contributed by atoms with E-state index in [4.69, 9.17) is 9.72 Å². The van der Waals surface area contributed by atoms with E-state index in [1.807, 2.05) is 31.2 Å². The topological polar surface area (TPSA) is 67.3 Å². The first kappa shape index (κ1) is 22.6. The van der Waals surface area contributed by atoms with Crippen LogP contribution in [0.15, 0.2) is 35.5 Å². The Morgan fingerprint density at radius 3 is 2.80 bits per heavy atom.